The zero-order chi connectivity index (χ0) is 14.8. The highest BCUT2D eigenvalue weighted by molar-refractivity contribution is 7.89. The number of hydrogen-bond donors (Lipinski definition) is 1. The van der Waals surface area contributed by atoms with Crippen molar-refractivity contribution in [2.75, 3.05) is 13.7 Å². The van der Waals surface area contributed by atoms with Gasteiger partial charge in [0.05, 0.1) is 7.11 Å². The van der Waals surface area contributed by atoms with E-state index in [9.17, 15) is 13.2 Å². The molecule has 2 rings (SSSR count). The van der Waals surface area contributed by atoms with Crippen LogP contribution in [0.5, 0.6) is 0 Å². The average molecular weight is 317 g/mol. The Kier molecular flexibility index (Phi) is 4.82. The summed E-state index contributed by atoms with van der Waals surface area (Å²) >= 11 is 1.10. The molecule has 20 heavy (non-hydrogen) atoms. The summed E-state index contributed by atoms with van der Waals surface area (Å²) in [6, 6.07) is 0. The molecular formula is C13H19NO4S2. The zero-order valence-electron chi connectivity index (χ0n) is 11.6. The Morgan fingerprint density at radius 1 is 1.50 bits per heavy atom. The first-order valence-corrected chi connectivity index (χ1v) is 8.98. The molecule has 1 saturated carbocycles. The summed E-state index contributed by atoms with van der Waals surface area (Å²) in [4.78, 5) is 11.8. The van der Waals surface area contributed by atoms with Crippen molar-refractivity contribution in [3.8, 4) is 0 Å². The summed E-state index contributed by atoms with van der Waals surface area (Å²) in [5.41, 5.74) is 0.574. The van der Waals surface area contributed by atoms with Crippen molar-refractivity contribution in [2.24, 2.45) is 5.92 Å². The van der Waals surface area contributed by atoms with Crippen molar-refractivity contribution < 1.29 is 17.9 Å². The second-order valence-electron chi connectivity index (χ2n) is 5.05. The number of carbonyl (C=O) groups excluding carboxylic acids is 1. The summed E-state index contributed by atoms with van der Waals surface area (Å²) in [5.74, 6) is 0.175. The Morgan fingerprint density at radius 2 is 2.20 bits per heavy atom. The molecule has 5 nitrogen and oxygen atoms in total. The normalized spacial score (nSPS) is 15.3. The van der Waals surface area contributed by atoms with Crippen molar-refractivity contribution in [1.29, 1.82) is 0 Å². The number of carbonyl (C=O) groups is 1. The first kappa shape index (κ1) is 15.5. The molecule has 0 radical (unpaired) electrons. The van der Waals surface area contributed by atoms with Crippen LogP contribution in [0.1, 0.15) is 40.9 Å². The number of sulfonamides is 1. The molecule has 0 aromatic carbocycles. The molecule has 1 aliphatic carbocycles. The molecule has 0 saturated heterocycles. The van der Waals surface area contributed by atoms with Crippen LogP contribution in [0, 0.1) is 12.8 Å². The zero-order valence-corrected chi connectivity index (χ0v) is 13.3. The van der Waals surface area contributed by atoms with Gasteiger partial charge >= 0.3 is 5.97 Å². The lowest BCUT2D eigenvalue weighted by Crippen LogP contribution is -2.26. The number of methoxy groups -OCH3 is 1. The van der Waals surface area contributed by atoms with Gasteiger partial charge < -0.3 is 4.74 Å². The van der Waals surface area contributed by atoms with Crippen LogP contribution in [0.3, 0.4) is 0 Å². The third kappa shape index (κ3) is 3.59. The van der Waals surface area contributed by atoms with E-state index in [4.69, 9.17) is 0 Å². The van der Waals surface area contributed by atoms with Gasteiger partial charge in [-0.05, 0) is 36.6 Å². The van der Waals surface area contributed by atoms with E-state index in [2.05, 4.69) is 9.46 Å². The molecule has 7 heteroatoms. The summed E-state index contributed by atoms with van der Waals surface area (Å²) in [5, 5.41) is 1.66. The van der Waals surface area contributed by atoms with Gasteiger partial charge in [0.2, 0.25) is 10.0 Å². The fourth-order valence-corrected chi connectivity index (χ4v) is 4.85. The Morgan fingerprint density at radius 3 is 2.80 bits per heavy atom. The van der Waals surface area contributed by atoms with Gasteiger partial charge in [0.25, 0.3) is 0 Å². The van der Waals surface area contributed by atoms with Gasteiger partial charge in [0.15, 0.2) is 0 Å². The van der Waals surface area contributed by atoms with Crippen LogP contribution >= 0.6 is 11.3 Å². The van der Waals surface area contributed by atoms with Crippen LogP contribution < -0.4 is 4.72 Å². The molecule has 1 aliphatic rings. The number of hydrogen-bond acceptors (Lipinski definition) is 5. The molecule has 1 aromatic heterocycles. The van der Waals surface area contributed by atoms with Crippen LogP contribution in [0.2, 0.25) is 0 Å². The van der Waals surface area contributed by atoms with E-state index in [0.29, 0.717) is 12.1 Å². The van der Waals surface area contributed by atoms with Gasteiger partial charge in [-0.1, -0.05) is 12.8 Å². The Labute approximate surface area is 123 Å². The lowest BCUT2D eigenvalue weighted by molar-refractivity contribution is 0.0602. The summed E-state index contributed by atoms with van der Waals surface area (Å²) in [6.45, 7) is 2.09. The number of aryl methyl sites for hydroxylation is 1. The van der Waals surface area contributed by atoms with Crippen LogP contribution in [-0.2, 0) is 14.8 Å². The van der Waals surface area contributed by atoms with Crippen molar-refractivity contribution in [1.82, 2.24) is 4.72 Å². The topological polar surface area (TPSA) is 72.5 Å². The largest absolute Gasteiger partial charge is 0.465 e. The number of esters is 1. The maximum absolute atomic E-state index is 12.3. The molecule has 1 fully saturated rings. The lowest BCUT2D eigenvalue weighted by Gasteiger charge is -2.08. The second kappa shape index (κ2) is 6.24. The summed E-state index contributed by atoms with van der Waals surface area (Å²) < 4.78 is 31.8. The fourth-order valence-electron chi connectivity index (χ4n) is 2.08. The maximum Gasteiger partial charge on any atom is 0.349 e. The lowest BCUT2D eigenvalue weighted by atomic mass is 10.2. The van der Waals surface area contributed by atoms with E-state index in [-0.39, 0.29) is 9.77 Å². The molecule has 1 aromatic rings. The van der Waals surface area contributed by atoms with Gasteiger partial charge in [-0.15, -0.1) is 11.3 Å². The van der Waals surface area contributed by atoms with E-state index < -0.39 is 16.0 Å². The van der Waals surface area contributed by atoms with Gasteiger partial charge in [0.1, 0.15) is 9.77 Å². The van der Waals surface area contributed by atoms with E-state index in [1.165, 1.54) is 20.0 Å². The smallest absolute Gasteiger partial charge is 0.349 e. The highest BCUT2D eigenvalue weighted by atomic mass is 32.2. The first-order chi connectivity index (χ1) is 9.45. The van der Waals surface area contributed by atoms with Gasteiger partial charge in [-0.25, -0.2) is 17.9 Å². The molecule has 0 unspecified atom stereocenters. The van der Waals surface area contributed by atoms with E-state index in [0.717, 1.165) is 30.1 Å². The number of ether oxygens (including phenoxy) is 1. The average Bonchev–Trinajstić information content (AvgIpc) is 3.14. The predicted molar refractivity (Wildman–Crippen MR) is 77.5 cm³/mol. The van der Waals surface area contributed by atoms with Gasteiger partial charge in [0, 0.05) is 6.54 Å². The third-order valence-electron chi connectivity index (χ3n) is 3.34. The van der Waals surface area contributed by atoms with E-state index >= 15 is 0 Å². The Balaban J connectivity index is 2.07. The SMILES string of the molecule is COC(=O)c1scc(C)c1S(=O)(=O)NCCCC1CC1. The van der Waals surface area contributed by atoms with Gasteiger partial charge in [-0.3, -0.25) is 0 Å². The maximum atomic E-state index is 12.3. The summed E-state index contributed by atoms with van der Waals surface area (Å²) in [6.07, 6.45) is 4.43. The number of thiophene rings is 1. The van der Waals surface area contributed by atoms with Crippen molar-refractivity contribution in [2.45, 2.75) is 37.5 Å². The summed E-state index contributed by atoms with van der Waals surface area (Å²) in [7, 11) is -2.40. The Hall–Kier alpha value is -0.920. The quantitative estimate of drug-likeness (QED) is 0.619. The monoisotopic (exact) mass is 317 g/mol. The van der Waals surface area contributed by atoms with Gasteiger partial charge in [-0.2, -0.15) is 0 Å². The fraction of sp³-hybridized carbons (Fsp3) is 0.615. The minimum absolute atomic E-state index is 0.0563. The van der Waals surface area contributed by atoms with Crippen molar-refractivity contribution in [3.05, 3.63) is 15.8 Å². The molecule has 1 N–H and O–H groups in total. The Bertz CT molecular complexity index is 588. The van der Waals surface area contributed by atoms with Crippen LogP contribution in [0.4, 0.5) is 0 Å². The molecular weight excluding hydrogens is 298 g/mol. The van der Waals surface area contributed by atoms with E-state index in [1.54, 1.807) is 12.3 Å². The number of rotatable bonds is 7. The molecule has 0 amide bonds. The molecule has 0 atom stereocenters. The minimum Gasteiger partial charge on any atom is -0.465 e. The third-order valence-corrected chi connectivity index (χ3v) is 6.19. The molecule has 112 valence electrons. The van der Waals surface area contributed by atoms with Crippen molar-refractivity contribution >= 4 is 27.3 Å². The van der Waals surface area contributed by atoms with Crippen LogP contribution in [0.25, 0.3) is 0 Å². The minimum atomic E-state index is -3.65. The second-order valence-corrected chi connectivity index (χ2v) is 7.64. The van der Waals surface area contributed by atoms with Crippen LogP contribution in [-0.4, -0.2) is 28.0 Å². The van der Waals surface area contributed by atoms with E-state index in [1.807, 2.05) is 0 Å². The molecule has 1 heterocycles. The highest BCUT2D eigenvalue weighted by Crippen LogP contribution is 2.33. The highest BCUT2D eigenvalue weighted by Gasteiger charge is 2.27. The number of nitrogens with one attached hydrogen (secondary N) is 1. The van der Waals surface area contributed by atoms with Crippen LogP contribution in [0.15, 0.2) is 10.3 Å². The standard InChI is InChI=1S/C13H19NO4S2/c1-9-8-19-11(13(15)18-2)12(9)20(16,17)14-7-3-4-10-5-6-10/h8,10,14H,3-7H2,1-2H3. The molecule has 0 spiro atoms. The molecule has 0 bridgehead atoms. The predicted octanol–water partition coefficient (Wildman–Crippen LogP) is 2.31. The van der Waals surface area contributed by atoms with Crippen molar-refractivity contribution in [3.63, 3.8) is 0 Å². The molecule has 0 aliphatic heterocycles. The first-order valence-electron chi connectivity index (χ1n) is 6.61.